The molecule has 0 saturated carbocycles. The van der Waals surface area contributed by atoms with Crippen molar-refractivity contribution in [1.29, 1.82) is 0 Å². The third-order valence-corrected chi connectivity index (χ3v) is 3.63. The highest BCUT2D eigenvalue weighted by Gasteiger charge is 2.18. The van der Waals surface area contributed by atoms with Crippen molar-refractivity contribution >= 4 is 5.91 Å². The van der Waals surface area contributed by atoms with E-state index >= 15 is 0 Å². The van der Waals surface area contributed by atoms with Gasteiger partial charge in [0, 0.05) is 32.7 Å². The summed E-state index contributed by atoms with van der Waals surface area (Å²) in [6.07, 6.45) is 1.24. The van der Waals surface area contributed by atoms with Gasteiger partial charge in [-0.15, -0.1) is 0 Å². The van der Waals surface area contributed by atoms with Crippen molar-refractivity contribution in [2.24, 2.45) is 5.73 Å². The van der Waals surface area contributed by atoms with Gasteiger partial charge in [0.15, 0.2) is 0 Å². The van der Waals surface area contributed by atoms with Crippen LogP contribution in [-0.4, -0.2) is 55.0 Å². The first-order chi connectivity index (χ1) is 9.69. The summed E-state index contributed by atoms with van der Waals surface area (Å²) in [5, 5.41) is 0. The Balaban J connectivity index is 1.89. The third-order valence-electron chi connectivity index (χ3n) is 3.63. The maximum absolute atomic E-state index is 13.1. The SMILES string of the molecule is NCCN1CCCN(C(=O)Cc2cccc(F)c2)CC1. The van der Waals surface area contributed by atoms with Gasteiger partial charge in [0.1, 0.15) is 5.82 Å². The van der Waals surface area contributed by atoms with E-state index in [2.05, 4.69) is 4.90 Å². The molecule has 0 aliphatic carbocycles. The number of nitrogens with two attached hydrogens (primary N) is 1. The predicted octanol–water partition coefficient (Wildman–Crippen LogP) is 0.861. The Morgan fingerprint density at radius 2 is 2.10 bits per heavy atom. The Hall–Kier alpha value is -1.46. The number of rotatable bonds is 4. The topological polar surface area (TPSA) is 49.6 Å². The van der Waals surface area contributed by atoms with E-state index in [1.54, 1.807) is 12.1 Å². The van der Waals surface area contributed by atoms with Crippen LogP contribution in [0.25, 0.3) is 0 Å². The van der Waals surface area contributed by atoms with E-state index in [1.807, 2.05) is 4.90 Å². The monoisotopic (exact) mass is 279 g/mol. The molecule has 0 unspecified atom stereocenters. The van der Waals surface area contributed by atoms with Gasteiger partial charge >= 0.3 is 0 Å². The largest absolute Gasteiger partial charge is 0.341 e. The van der Waals surface area contributed by atoms with Crippen molar-refractivity contribution in [2.45, 2.75) is 12.8 Å². The van der Waals surface area contributed by atoms with Crippen LogP contribution in [0.15, 0.2) is 24.3 Å². The standard InChI is InChI=1S/C15H22FN3O/c16-14-4-1-3-13(11-14)12-15(20)19-7-2-6-18(8-5-17)9-10-19/h1,3-4,11H,2,5-10,12,17H2. The quantitative estimate of drug-likeness (QED) is 0.889. The zero-order valence-electron chi connectivity index (χ0n) is 11.7. The molecule has 110 valence electrons. The average Bonchev–Trinajstić information content (AvgIpc) is 2.65. The zero-order valence-corrected chi connectivity index (χ0v) is 11.7. The van der Waals surface area contributed by atoms with Gasteiger partial charge in [-0.3, -0.25) is 4.79 Å². The number of hydrogen-bond acceptors (Lipinski definition) is 3. The molecule has 5 heteroatoms. The molecule has 0 radical (unpaired) electrons. The molecule has 0 bridgehead atoms. The first-order valence-corrected chi connectivity index (χ1v) is 7.13. The summed E-state index contributed by atoms with van der Waals surface area (Å²) in [6.45, 7) is 4.89. The summed E-state index contributed by atoms with van der Waals surface area (Å²) in [5.41, 5.74) is 6.30. The third kappa shape index (κ3) is 4.28. The number of carbonyl (C=O) groups is 1. The molecule has 0 spiro atoms. The second-order valence-electron chi connectivity index (χ2n) is 5.17. The minimum atomic E-state index is -0.291. The summed E-state index contributed by atoms with van der Waals surface area (Å²) < 4.78 is 13.1. The summed E-state index contributed by atoms with van der Waals surface area (Å²) in [7, 11) is 0. The lowest BCUT2D eigenvalue weighted by Gasteiger charge is -2.21. The Bertz CT molecular complexity index is 452. The van der Waals surface area contributed by atoms with E-state index in [0.717, 1.165) is 44.7 Å². The van der Waals surface area contributed by atoms with E-state index in [4.69, 9.17) is 5.73 Å². The summed E-state index contributed by atoms with van der Waals surface area (Å²) >= 11 is 0. The molecule has 4 nitrogen and oxygen atoms in total. The van der Waals surface area contributed by atoms with E-state index in [-0.39, 0.29) is 18.1 Å². The van der Waals surface area contributed by atoms with Crippen LogP contribution in [0.5, 0.6) is 0 Å². The first-order valence-electron chi connectivity index (χ1n) is 7.13. The van der Waals surface area contributed by atoms with Gasteiger partial charge in [0.05, 0.1) is 6.42 Å². The van der Waals surface area contributed by atoms with Crippen LogP contribution < -0.4 is 5.73 Å². The van der Waals surface area contributed by atoms with Crippen LogP contribution in [0, 0.1) is 5.82 Å². The van der Waals surface area contributed by atoms with Crippen LogP contribution >= 0.6 is 0 Å². The molecule has 1 heterocycles. The summed E-state index contributed by atoms with van der Waals surface area (Å²) in [5.74, 6) is -0.217. The van der Waals surface area contributed by atoms with E-state index < -0.39 is 0 Å². The maximum atomic E-state index is 13.1. The van der Waals surface area contributed by atoms with E-state index in [9.17, 15) is 9.18 Å². The molecule has 1 aromatic carbocycles. The maximum Gasteiger partial charge on any atom is 0.227 e. The fourth-order valence-electron chi connectivity index (χ4n) is 2.56. The van der Waals surface area contributed by atoms with Crippen molar-refractivity contribution in [2.75, 3.05) is 39.3 Å². The second kappa shape index (κ2) is 7.36. The van der Waals surface area contributed by atoms with E-state index in [0.29, 0.717) is 6.54 Å². The minimum absolute atomic E-state index is 0.0743. The molecule has 1 aliphatic rings. The number of nitrogens with zero attached hydrogens (tertiary/aromatic N) is 2. The molecule has 20 heavy (non-hydrogen) atoms. The molecule has 1 amide bonds. The average molecular weight is 279 g/mol. The number of halogens is 1. The van der Waals surface area contributed by atoms with Crippen LogP contribution in [0.3, 0.4) is 0 Å². The molecular weight excluding hydrogens is 257 g/mol. The van der Waals surface area contributed by atoms with Gasteiger partial charge in [-0.05, 0) is 30.7 Å². The molecule has 1 saturated heterocycles. The highest BCUT2D eigenvalue weighted by molar-refractivity contribution is 5.78. The Morgan fingerprint density at radius 3 is 2.85 bits per heavy atom. The lowest BCUT2D eigenvalue weighted by molar-refractivity contribution is -0.130. The highest BCUT2D eigenvalue weighted by Crippen LogP contribution is 2.09. The van der Waals surface area contributed by atoms with Crippen LogP contribution in [0.2, 0.25) is 0 Å². The van der Waals surface area contributed by atoms with E-state index in [1.165, 1.54) is 12.1 Å². The zero-order chi connectivity index (χ0) is 14.4. The smallest absolute Gasteiger partial charge is 0.227 e. The summed E-state index contributed by atoms with van der Waals surface area (Å²) in [4.78, 5) is 16.4. The van der Waals surface area contributed by atoms with Crippen molar-refractivity contribution in [3.63, 3.8) is 0 Å². The van der Waals surface area contributed by atoms with Crippen molar-refractivity contribution in [1.82, 2.24) is 9.80 Å². The van der Waals surface area contributed by atoms with Crippen LogP contribution in [0.1, 0.15) is 12.0 Å². The predicted molar refractivity (Wildman–Crippen MR) is 76.8 cm³/mol. The number of hydrogen-bond donors (Lipinski definition) is 1. The molecule has 1 aromatic rings. The van der Waals surface area contributed by atoms with Crippen LogP contribution in [0.4, 0.5) is 4.39 Å². The normalized spacial score (nSPS) is 17.0. The molecule has 2 N–H and O–H groups in total. The summed E-state index contributed by atoms with van der Waals surface area (Å²) in [6, 6.07) is 6.25. The lowest BCUT2D eigenvalue weighted by Crippen LogP contribution is -2.37. The van der Waals surface area contributed by atoms with Crippen molar-refractivity contribution in [3.8, 4) is 0 Å². The van der Waals surface area contributed by atoms with Gasteiger partial charge in [0.25, 0.3) is 0 Å². The number of amides is 1. The molecule has 2 rings (SSSR count). The first kappa shape index (κ1) is 14.9. The minimum Gasteiger partial charge on any atom is -0.341 e. The number of benzene rings is 1. The molecule has 0 atom stereocenters. The van der Waals surface area contributed by atoms with Gasteiger partial charge in [-0.25, -0.2) is 4.39 Å². The van der Waals surface area contributed by atoms with Crippen molar-refractivity contribution < 1.29 is 9.18 Å². The van der Waals surface area contributed by atoms with Gasteiger partial charge < -0.3 is 15.5 Å². The molecule has 0 aromatic heterocycles. The Morgan fingerprint density at radius 1 is 1.25 bits per heavy atom. The second-order valence-corrected chi connectivity index (χ2v) is 5.17. The van der Waals surface area contributed by atoms with Crippen molar-refractivity contribution in [3.05, 3.63) is 35.6 Å². The molecule has 1 fully saturated rings. The fourth-order valence-corrected chi connectivity index (χ4v) is 2.56. The fraction of sp³-hybridized carbons (Fsp3) is 0.533. The lowest BCUT2D eigenvalue weighted by atomic mass is 10.1. The number of carbonyl (C=O) groups excluding carboxylic acids is 1. The van der Waals surface area contributed by atoms with Gasteiger partial charge in [-0.2, -0.15) is 0 Å². The van der Waals surface area contributed by atoms with Gasteiger partial charge in [0.2, 0.25) is 5.91 Å². The molecule has 1 aliphatic heterocycles. The van der Waals surface area contributed by atoms with Crippen LogP contribution in [-0.2, 0) is 11.2 Å². The Kier molecular flexibility index (Phi) is 5.49. The highest BCUT2D eigenvalue weighted by atomic mass is 19.1. The van der Waals surface area contributed by atoms with Gasteiger partial charge in [-0.1, -0.05) is 12.1 Å². The Labute approximate surface area is 119 Å². The molecular formula is C15H22FN3O.